The van der Waals surface area contributed by atoms with Gasteiger partial charge in [-0.15, -0.1) is 0 Å². The summed E-state index contributed by atoms with van der Waals surface area (Å²) in [7, 11) is 0. The minimum atomic E-state index is 0. The minimum absolute atomic E-state index is 0. The number of hydrogen-bond donors (Lipinski definition) is 0. The summed E-state index contributed by atoms with van der Waals surface area (Å²) in [5, 5.41) is 15.3. The molecule has 1 radical (unpaired) electrons. The van der Waals surface area contributed by atoms with Gasteiger partial charge in [-0.2, -0.15) is 0 Å². The summed E-state index contributed by atoms with van der Waals surface area (Å²) in [6.07, 6.45) is 0. The zero-order valence-corrected chi connectivity index (χ0v) is 22.0. The normalized spacial score (nSPS) is 10.7. The van der Waals surface area contributed by atoms with Crippen molar-refractivity contribution in [2.24, 2.45) is 0 Å². The van der Waals surface area contributed by atoms with E-state index in [0.29, 0.717) is 23.6 Å². The molecule has 0 bridgehead atoms. The molecule has 6 nitrogen and oxygen atoms in total. The van der Waals surface area contributed by atoms with Gasteiger partial charge < -0.3 is 29.2 Å². The van der Waals surface area contributed by atoms with Gasteiger partial charge in [-0.25, -0.2) is 0 Å². The van der Waals surface area contributed by atoms with Crippen LogP contribution in [-0.4, -0.2) is 10.2 Å². The zero-order chi connectivity index (χ0) is 23.4. The first-order chi connectivity index (χ1) is 15.2. The third-order valence-corrected chi connectivity index (χ3v) is 5.26. The van der Waals surface area contributed by atoms with E-state index in [1.165, 1.54) is 22.3 Å². The van der Waals surface area contributed by atoms with Gasteiger partial charge in [0.15, 0.2) is 0 Å². The van der Waals surface area contributed by atoms with E-state index in [2.05, 4.69) is 74.1 Å². The van der Waals surface area contributed by atoms with Crippen molar-refractivity contribution in [1.29, 1.82) is 0 Å². The third-order valence-electron chi connectivity index (χ3n) is 4.93. The Morgan fingerprint density at radius 1 is 0.697 bits per heavy atom. The van der Waals surface area contributed by atoms with E-state index >= 15 is 0 Å². The van der Waals surface area contributed by atoms with Crippen LogP contribution in [0.1, 0.15) is 61.8 Å². The van der Waals surface area contributed by atoms with Crippen molar-refractivity contribution in [2.45, 2.75) is 53.4 Å². The van der Waals surface area contributed by atoms with Crippen molar-refractivity contribution in [3.63, 3.8) is 0 Å². The molecule has 0 amide bonds. The van der Waals surface area contributed by atoms with Gasteiger partial charge in [-0.05, 0) is 48.9 Å². The van der Waals surface area contributed by atoms with Crippen molar-refractivity contribution in [1.82, 2.24) is 20.4 Å². The molecule has 2 heterocycles. The van der Waals surface area contributed by atoms with Crippen LogP contribution in [0.5, 0.6) is 0 Å². The summed E-state index contributed by atoms with van der Waals surface area (Å²) in [5.41, 5.74) is 6.82. The van der Waals surface area contributed by atoms with Crippen LogP contribution in [0.2, 0.25) is 0 Å². The number of aryl methyl sites for hydroxylation is 2. The van der Waals surface area contributed by atoms with Crippen molar-refractivity contribution in [3.05, 3.63) is 68.3 Å². The fourth-order valence-electron chi connectivity index (χ4n) is 3.35. The molecule has 2 aromatic heterocycles. The molecule has 9 heteroatoms. The number of aromatic nitrogens is 4. The molecule has 0 spiro atoms. The van der Waals surface area contributed by atoms with E-state index in [4.69, 9.17) is 33.3 Å². The standard InChI is InChI=1S/2C12H14N2OS.Co/c2*1-7(2)10-6-8(3)4-5-9(10)11-13-14-12(16)15-11;/h2*4-7H,1-3H3,(H,14,16);/q;;+2/p-2. The Morgan fingerprint density at radius 2 is 1.06 bits per heavy atom. The van der Waals surface area contributed by atoms with Crippen LogP contribution >= 0.6 is 24.4 Å². The zero-order valence-electron chi connectivity index (χ0n) is 19.4. The summed E-state index contributed by atoms with van der Waals surface area (Å²) in [4.78, 5) is 0.371. The molecule has 4 aromatic rings. The van der Waals surface area contributed by atoms with Crippen LogP contribution in [-0.2, 0) is 16.8 Å². The van der Waals surface area contributed by atoms with Crippen LogP contribution < -0.4 is 10.2 Å². The minimum Gasteiger partial charge on any atom is -0.532 e. The first-order valence-corrected chi connectivity index (χ1v) is 11.2. The van der Waals surface area contributed by atoms with Gasteiger partial charge in [0.2, 0.25) is 11.8 Å². The summed E-state index contributed by atoms with van der Waals surface area (Å²) < 4.78 is 10.6. The Balaban J connectivity index is 0.000000227. The molecule has 0 N–H and O–H groups in total. The SMILES string of the molecule is Cc1ccc(-c2n[n-]c(=S)o2)c(C(C)C)c1.Cc1ccc(-c2n[n-]c(=S)o2)c(C(C)C)c1.[Co+2]. The molecule has 0 saturated heterocycles. The quantitative estimate of drug-likeness (QED) is 0.266. The number of nitrogens with zero attached hydrogens (tertiary/aromatic N) is 4. The summed E-state index contributed by atoms with van der Waals surface area (Å²) >= 11 is 9.65. The summed E-state index contributed by atoms with van der Waals surface area (Å²) in [6.45, 7) is 12.7. The van der Waals surface area contributed by atoms with Crippen LogP contribution in [0.25, 0.3) is 22.9 Å². The number of rotatable bonds is 4. The van der Waals surface area contributed by atoms with E-state index < -0.39 is 0 Å². The van der Waals surface area contributed by atoms with Crippen molar-refractivity contribution < 1.29 is 25.6 Å². The van der Waals surface area contributed by atoms with E-state index in [1.54, 1.807) is 0 Å². The molecule has 4 rings (SSSR count). The summed E-state index contributed by atoms with van der Waals surface area (Å²) in [5.74, 6) is 1.84. The predicted octanol–water partition coefficient (Wildman–Crippen LogP) is 6.92. The predicted molar refractivity (Wildman–Crippen MR) is 130 cm³/mol. The molecule has 175 valence electrons. The van der Waals surface area contributed by atoms with Gasteiger partial charge >= 0.3 is 16.8 Å². The van der Waals surface area contributed by atoms with Gasteiger partial charge in [0.1, 0.15) is 9.67 Å². The average Bonchev–Trinajstić information content (AvgIpc) is 3.36. The maximum absolute atomic E-state index is 5.29. The molecule has 0 aliphatic rings. The molecule has 0 aliphatic heterocycles. The molecular formula is C24H26CoN4O2S2. The number of benzene rings is 2. The Bertz CT molecular complexity index is 1220. The van der Waals surface area contributed by atoms with E-state index in [9.17, 15) is 0 Å². The largest absolute Gasteiger partial charge is 2.00 e. The molecule has 0 fully saturated rings. The smallest absolute Gasteiger partial charge is 0.532 e. The second-order valence-electron chi connectivity index (χ2n) is 8.24. The van der Waals surface area contributed by atoms with E-state index in [1.807, 2.05) is 24.3 Å². The van der Waals surface area contributed by atoms with Crippen molar-refractivity contribution in [3.8, 4) is 22.9 Å². The topological polar surface area (TPSA) is 80.3 Å². The van der Waals surface area contributed by atoms with Crippen molar-refractivity contribution >= 4 is 24.4 Å². The maximum Gasteiger partial charge on any atom is 2.00 e. The van der Waals surface area contributed by atoms with Gasteiger partial charge in [0.05, 0.1) is 0 Å². The third kappa shape index (κ3) is 6.83. The van der Waals surface area contributed by atoms with Crippen LogP contribution in [0.15, 0.2) is 45.2 Å². The van der Waals surface area contributed by atoms with Gasteiger partial charge in [-0.1, -0.05) is 87.5 Å². The van der Waals surface area contributed by atoms with E-state index in [0.717, 1.165) is 11.1 Å². The van der Waals surface area contributed by atoms with Crippen molar-refractivity contribution in [2.75, 3.05) is 0 Å². The van der Waals surface area contributed by atoms with Crippen LogP contribution in [0, 0.1) is 23.5 Å². The first kappa shape index (κ1) is 26.9. The van der Waals surface area contributed by atoms with Gasteiger partial charge in [0, 0.05) is 11.1 Å². The fraction of sp³-hybridized carbons (Fsp3) is 0.333. The van der Waals surface area contributed by atoms with E-state index in [-0.39, 0.29) is 26.5 Å². The van der Waals surface area contributed by atoms with Gasteiger partial charge in [0.25, 0.3) is 0 Å². The molecule has 2 aromatic carbocycles. The molecule has 0 atom stereocenters. The second-order valence-corrected chi connectivity index (χ2v) is 8.94. The molecular weight excluding hydrogens is 499 g/mol. The van der Waals surface area contributed by atoms with Crippen LogP contribution in [0.4, 0.5) is 0 Å². The maximum atomic E-state index is 5.29. The molecule has 0 saturated carbocycles. The van der Waals surface area contributed by atoms with Crippen LogP contribution in [0.3, 0.4) is 0 Å². The average molecular weight is 526 g/mol. The number of hydrogen-bond acceptors (Lipinski definition) is 6. The fourth-order valence-corrected chi connectivity index (χ4v) is 3.59. The molecule has 0 aliphatic carbocycles. The first-order valence-electron chi connectivity index (χ1n) is 10.4. The molecule has 0 unspecified atom stereocenters. The Labute approximate surface area is 214 Å². The monoisotopic (exact) mass is 525 g/mol. The molecule has 33 heavy (non-hydrogen) atoms. The Hall–Kier alpha value is -2.33. The Morgan fingerprint density at radius 3 is 1.33 bits per heavy atom. The Kier molecular flexibility index (Phi) is 9.53. The summed E-state index contributed by atoms with van der Waals surface area (Å²) in [6, 6.07) is 12.4. The van der Waals surface area contributed by atoms with Gasteiger partial charge in [-0.3, -0.25) is 0 Å². The second kappa shape index (κ2) is 11.7.